The molecule has 0 fully saturated rings. The Kier molecular flexibility index (Phi) is 6.39. The number of nitrogens with two attached hydrogens (primary N) is 1. The van der Waals surface area contributed by atoms with Gasteiger partial charge in [-0.3, -0.25) is 4.79 Å². The molecular formula is C9H15NO. The van der Waals surface area contributed by atoms with Crippen molar-refractivity contribution >= 4 is 5.91 Å². The summed E-state index contributed by atoms with van der Waals surface area (Å²) in [7, 11) is 0. The second-order valence-electron chi connectivity index (χ2n) is 2.26. The second kappa shape index (κ2) is 7.06. The molecule has 0 heterocycles. The summed E-state index contributed by atoms with van der Waals surface area (Å²) in [6.45, 7) is 2.09. The Morgan fingerprint density at radius 3 is 2.45 bits per heavy atom. The zero-order chi connectivity index (χ0) is 8.53. The van der Waals surface area contributed by atoms with Gasteiger partial charge < -0.3 is 5.73 Å². The molecule has 0 atom stereocenters. The first-order valence-corrected chi connectivity index (χ1v) is 3.88. The van der Waals surface area contributed by atoms with Crippen LogP contribution in [0.3, 0.4) is 0 Å². The predicted octanol–water partition coefficient (Wildman–Crippen LogP) is 1.77. The van der Waals surface area contributed by atoms with Crippen LogP contribution in [0.1, 0.15) is 26.2 Å². The number of carbonyl (C=O) groups is 1. The summed E-state index contributed by atoms with van der Waals surface area (Å²) in [5.41, 5.74) is 4.89. The highest BCUT2D eigenvalue weighted by Crippen LogP contribution is 1.93. The number of primary amides is 1. The summed E-state index contributed by atoms with van der Waals surface area (Å²) in [6.07, 6.45) is 10.3. The Bertz CT molecular complexity index is 159. The predicted molar refractivity (Wildman–Crippen MR) is 47.0 cm³/mol. The van der Waals surface area contributed by atoms with Crippen LogP contribution in [0.25, 0.3) is 0 Å². The van der Waals surface area contributed by atoms with Gasteiger partial charge in [-0.25, -0.2) is 0 Å². The van der Waals surface area contributed by atoms with E-state index >= 15 is 0 Å². The summed E-state index contributed by atoms with van der Waals surface area (Å²) in [5, 5.41) is 0. The molecule has 1 amide bonds. The third-order valence-electron chi connectivity index (χ3n) is 1.18. The number of rotatable bonds is 5. The second-order valence-corrected chi connectivity index (χ2v) is 2.26. The third-order valence-corrected chi connectivity index (χ3v) is 1.18. The summed E-state index contributed by atoms with van der Waals surface area (Å²) in [6, 6.07) is 0. The number of hydrogen-bond acceptors (Lipinski definition) is 1. The number of hydrogen-bond donors (Lipinski definition) is 1. The molecule has 0 bridgehead atoms. The molecule has 0 aliphatic carbocycles. The average Bonchev–Trinajstić information content (AvgIpc) is 1.96. The number of carbonyl (C=O) groups excluding carboxylic acids is 1. The number of amides is 1. The zero-order valence-corrected chi connectivity index (χ0v) is 6.92. The summed E-state index contributed by atoms with van der Waals surface area (Å²) in [5.74, 6) is -0.371. The summed E-state index contributed by atoms with van der Waals surface area (Å²) >= 11 is 0. The number of unbranched alkanes of at least 4 members (excludes halogenated alkanes) is 1. The van der Waals surface area contributed by atoms with Crippen molar-refractivity contribution in [1.29, 1.82) is 0 Å². The SMILES string of the molecule is CCC=CCCC=CC(N)=O. The first-order chi connectivity index (χ1) is 5.27. The maximum absolute atomic E-state index is 10.2. The van der Waals surface area contributed by atoms with E-state index in [-0.39, 0.29) is 5.91 Å². The fraction of sp³-hybridized carbons (Fsp3) is 0.444. The Labute approximate surface area is 67.8 Å². The van der Waals surface area contributed by atoms with E-state index < -0.39 is 0 Å². The maximum Gasteiger partial charge on any atom is 0.241 e. The molecule has 11 heavy (non-hydrogen) atoms. The minimum Gasteiger partial charge on any atom is -0.366 e. The lowest BCUT2D eigenvalue weighted by Crippen LogP contribution is -2.05. The molecule has 2 heteroatoms. The highest BCUT2D eigenvalue weighted by molar-refractivity contribution is 5.85. The van der Waals surface area contributed by atoms with Gasteiger partial charge in [-0.15, -0.1) is 0 Å². The molecule has 0 radical (unpaired) electrons. The molecule has 0 aliphatic rings. The number of allylic oxidation sites excluding steroid dienone is 3. The molecule has 2 nitrogen and oxygen atoms in total. The van der Waals surface area contributed by atoms with Crippen LogP contribution in [-0.4, -0.2) is 5.91 Å². The van der Waals surface area contributed by atoms with Gasteiger partial charge in [-0.1, -0.05) is 25.2 Å². The lowest BCUT2D eigenvalue weighted by molar-refractivity contribution is -0.113. The Hall–Kier alpha value is -1.05. The van der Waals surface area contributed by atoms with E-state index in [1.54, 1.807) is 6.08 Å². The van der Waals surface area contributed by atoms with Gasteiger partial charge in [-0.2, -0.15) is 0 Å². The topological polar surface area (TPSA) is 43.1 Å². The van der Waals surface area contributed by atoms with Crippen molar-refractivity contribution in [3.63, 3.8) is 0 Å². The van der Waals surface area contributed by atoms with Crippen LogP contribution in [0.4, 0.5) is 0 Å². The standard InChI is InChI=1S/C9H15NO/c1-2-3-4-5-6-7-8-9(10)11/h3-4,7-8H,2,5-6H2,1H3,(H2,10,11). The largest absolute Gasteiger partial charge is 0.366 e. The fourth-order valence-electron chi connectivity index (χ4n) is 0.676. The van der Waals surface area contributed by atoms with Gasteiger partial charge in [-0.05, 0) is 25.3 Å². The lowest BCUT2D eigenvalue weighted by atomic mass is 10.2. The van der Waals surface area contributed by atoms with Gasteiger partial charge in [0.15, 0.2) is 0 Å². The highest BCUT2D eigenvalue weighted by atomic mass is 16.1. The molecule has 0 aliphatic heterocycles. The Morgan fingerprint density at radius 2 is 1.91 bits per heavy atom. The first kappa shape index (κ1) is 9.95. The van der Waals surface area contributed by atoms with Crippen LogP contribution in [-0.2, 0) is 4.79 Å². The van der Waals surface area contributed by atoms with Gasteiger partial charge in [0, 0.05) is 0 Å². The van der Waals surface area contributed by atoms with Crippen LogP contribution in [0, 0.1) is 0 Å². The molecule has 62 valence electrons. The van der Waals surface area contributed by atoms with Crippen molar-refractivity contribution in [2.45, 2.75) is 26.2 Å². The van der Waals surface area contributed by atoms with E-state index in [1.165, 1.54) is 6.08 Å². The van der Waals surface area contributed by atoms with E-state index in [0.29, 0.717) is 0 Å². The van der Waals surface area contributed by atoms with Crippen LogP contribution in [0.15, 0.2) is 24.3 Å². The van der Waals surface area contributed by atoms with Gasteiger partial charge in [0.1, 0.15) is 0 Å². The molecule has 0 aromatic heterocycles. The molecule has 0 rings (SSSR count). The van der Waals surface area contributed by atoms with E-state index in [9.17, 15) is 4.79 Å². The third kappa shape index (κ3) is 8.95. The van der Waals surface area contributed by atoms with Crippen molar-refractivity contribution in [2.24, 2.45) is 5.73 Å². The van der Waals surface area contributed by atoms with Crippen LogP contribution in [0.2, 0.25) is 0 Å². The van der Waals surface area contributed by atoms with Gasteiger partial charge in [0.05, 0.1) is 0 Å². The van der Waals surface area contributed by atoms with Crippen molar-refractivity contribution in [3.05, 3.63) is 24.3 Å². The average molecular weight is 153 g/mol. The highest BCUT2D eigenvalue weighted by Gasteiger charge is 1.80. The summed E-state index contributed by atoms with van der Waals surface area (Å²) < 4.78 is 0. The molecule has 0 aromatic rings. The van der Waals surface area contributed by atoms with Crippen molar-refractivity contribution in [1.82, 2.24) is 0 Å². The smallest absolute Gasteiger partial charge is 0.241 e. The van der Waals surface area contributed by atoms with Crippen molar-refractivity contribution < 1.29 is 4.79 Å². The molecule has 0 spiro atoms. The molecule has 0 saturated carbocycles. The Morgan fingerprint density at radius 1 is 1.27 bits per heavy atom. The Balaban J connectivity index is 3.27. The van der Waals surface area contributed by atoms with Crippen molar-refractivity contribution in [3.8, 4) is 0 Å². The normalized spacial score (nSPS) is 11.4. The van der Waals surface area contributed by atoms with Crippen LogP contribution >= 0.6 is 0 Å². The lowest BCUT2D eigenvalue weighted by Gasteiger charge is -1.84. The molecule has 0 saturated heterocycles. The first-order valence-electron chi connectivity index (χ1n) is 3.88. The van der Waals surface area contributed by atoms with Crippen molar-refractivity contribution in [2.75, 3.05) is 0 Å². The van der Waals surface area contributed by atoms with Gasteiger partial charge >= 0.3 is 0 Å². The zero-order valence-electron chi connectivity index (χ0n) is 6.92. The van der Waals surface area contributed by atoms with Crippen LogP contribution in [0.5, 0.6) is 0 Å². The molecule has 2 N–H and O–H groups in total. The maximum atomic E-state index is 10.2. The van der Waals surface area contributed by atoms with E-state index in [1.807, 2.05) is 0 Å². The molecule has 0 unspecified atom stereocenters. The van der Waals surface area contributed by atoms with E-state index in [2.05, 4.69) is 19.1 Å². The quantitative estimate of drug-likeness (QED) is 0.365. The van der Waals surface area contributed by atoms with E-state index in [4.69, 9.17) is 5.73 Å². The minimum atomic E-state index is -0.371. The van der Waals surface area contributed by atoms with Gasteiger partial charge in [0.2, 0.25) is 5.91 Å². The summed E-state index contributed by atoms with van der Waals surface area (Å²) in [4.78, 5) is 10.2. The molecule has 0 aromatic carbocycles. The van der Waals surface area contributed by atoms with Crippen LogP contribution < -0.4 is 5.73 Å². The van der Waals surface area contributed by atoms with Gasteiger partial charge in [0.25, 0.3) is 0 Å². The molecular weight excluding hydrogens is 138 g/mol. The monoisotopic (exact) mass is 153 g/mol. The van der Waals surface area contributed by atoms with E-state index in [0.717, 1.165) is 19.3 Å². The minimum absolute atomic E-state index is 0.371. The fourth-order valence-corrected chi connectivity index (χ4v) is 0.676.